The van der Waals surface area contributed by atoms with Gasteiger partial charge in [-0.2, -0.15) is 5.10 Å². The van der Waals surface area contributed by atoms with Gasteiger partial charge in [-0.1, -0.05) is 12.1 Å². The van der Waals surface area contributed by atoms with Gasteiger partial charge in [-0.3, -0.25) is 19.6 Å². The van der Waals surface area contributed by atoms with Crippen LogP contribution in [0.1, 0.15) is 16.1 Å². The first kappa shape index (κ1) is 20.8. The first-order valence-electron chi connectivity index (χ1n) is 9.50. The number of nitrogens with one attached hydrogen (secondary N) is 1. The van der Waals surface area contributed by atoms with E-state index >= 15 is 0 Å². The lowest BCUT2D eigenvalue weighted by Crippen LogP contribution is -2.59. The van der Waals surface area contributed by atoms with E-state index in [-0.39, 0.29) is 24.2 Å². The molecule has 2 aromatic rings. The van der Waals surface area contributed by atoms with E-state index in [1.54, 1.807) is 42.0 Å². The smallest absolute Gasteiger partial charge is 0.257 e. The van der Waals surface area contributed by atoms with Crippen molar-refractivity contribution in [2.24, 2.45) is 0 Å². The molecule has 1 N–H and O–H groups in total. The van der Waals surface area contributed by atoms with Crippen molar-refractivity contribution in [2.75, 3.05) is 46.9 Å². The molecule has 2 heterocycles. The van der Waals surface area contributed by atoms with Gasteiger partial charge in [0.05, 0.1) is 18.3 Å². The number of piperazine rings is 1. The molecule has 0 aliphatic carbocycles. The molecular formula is C20H26FN5O3. The Morgan fingerprint density at radius 3 is 2.79 bits per heavy atom. The lowest BCUT2D eigenvalue weighted by molar-refractivity contribution is -0.137. The van der Waals surface area contributed by atoms with Crippen molar-refractivity contribution < 1.29 is 18.7 Å². The average Bonchev–Trinajstić information content (AvgIpc) is 3.14. The second-order valence-corrected chi connectivity index (χ2v) is 7.19. The Kier molecular flexibility index (Phi) is 6.48. The third-order valence-electron chi connectivity index (χ3n) is 5.18. The minimum atomic E-state index is -0.446. The fourth-order valence-corrected chi connectivity index (χ4v) is 3.28. The van der Waals surface area contributed by atoms with E-state index in [1.807, 2.05) is 11.9 Å². The molecule has 156 valence electrons. The van der Waals surface area contributed by atoms with Gasteiger partial charge >= 0.3 is 0 Å². The van der Waals surface area contributed by atoms with Crippen LogP contribution in [-0.4, -0.2) is 89.6 Å². The molecule has 1 saturated heterocycles. The number of benzene rings is 1. The molecular weight excluding hydrogens is 377 g/mol. The summed E-state index contributed by atoms with van der Waals surface area (Å²) in [5.41, 5.74) is 1.23. The van der Waals surface area contributed by atoms with Crippen LogP contribution < -0.4 is 4.74 Å². The SMILES string of the molecule is Cc1[nH]ncc1C(=O)N1CCN(C)C(C(=O)N(C)CCOc2ccccc2F)C1. The van der Waals surface area contributed by atoms with Gasteiger partial charge in [0, 0.05) is 32.4 Å². The normalized spacial score (nSPS) is 17.2. The molecule has 1 fully saturated rings. The zero-order valence-corrected chi connectivity index (χ0v) is 16.9. The van der Waals surface area contributed by atoms with Gasteiger partial charge in [-0.05, 0) is 26.1 Å². The third-order valence-corrected chi connectivity index (χ3v) is 5.18. The summed E-state index contributed by atoms with van der Waals surface area (Å²) in [7, 11) is 3.55. The van der Waals surface area contributed by atoms with Gasteiger partial charge in [0.1, 0.15) is 12.6 Å². The molecule has 8 nitrogen and oxygen atoms in total. The summed E-state index contributed by atoms with van der Waals surface area (Å²) in [6.07, 6.45) is 1.51. The number of nitrogens with zero attached hydrogens (tertiary/aromatic N) is 4. The van der Waals surface area contributed by atoms with Gasteiger partial charge < -0.3 is 14.5 Å². The maximum Gasteiger partial charge on any atom is 0.257 e. The maximum absolute atomic E-state index is 13.6. The largest absolute Gasteiger partial charge is 0.489 e. The van der Waals surface area contributed by atoms with Gasteiger partial charge in [-0.25, -0.2) is 4.39 Å². The van der Waals surface area contributed by atoms with Gasteiger partial charge in [0.2, 0.25) is 5.91 Å². The summed E-state index contributed by atoms with van der Waals surface area (Å²) in [5, 5.41) is 6.67. The standard InChI is InChI=1S/C20H26FN5O3/c1-14-15(12-22-23-14)19(27)26-9-8-24(2)17(13-26)20(28)25(3)10-11-29-18-7-5-4-6-16(18)21/h4-7,12,17H,8-11,13H2,1-3H3,(H,22,23). The molecule has 1 unspecified atom stereocenters. The van der Waals surface area contributed by atoms with Crippen molar-refractivity contribution in [3.05, 3.63) is 47.5 Å². The van der Waals surface area contributed by atoms with Crippen LogP contribution in [0.15, 0.2) is 30.5 Å². The van der Waals surface area contributed by atoms with E-state index in [0.717, 1.165) is 0 Å². The highest BCUT2D eigenvalue weighted by molar-refractivity contribution is 5.95. The second kappa shape index (κ2) is 9.04. The van der Waals surface area contributed by atoms with E-state index in [2.05, 4.69) is 10.2 Å². The molecule has 1 aliphatic heterocycles. The van der Waals surface area contributed by atoms with Crippen molar-refractivity contribution in [3.8, 4) is 5.75 Å². The number of halogens is 1. The predicted octanol–water partition coefficient (Wildman–Crippen LogP) is 1.15. The molecule has 29 heavy (non-hydrogen) atoms. The maximum atomic E-state index is 13.6. The van der Waals surface area contributed by atoms with Crippen molar-refractivity contribution >= 4 is 11.8 Å². The number of hydrogen-bond donors (Lipinski definition) is 1. The van der Waals surface area contributed by atoms with E-state index < -0.39 is 11.9 Å². The van der Waals surface area contributed by atoms with Crippen molar-refractivity contribution in [1.29, 1.82) is 0 Å². The number of carbonyl (C=O) groups is 2. The van der Waals surface area contributed by atoms with E-state index in [0.29, 0.717) is 37.4 Å². The Labute approximate surface area is 169 Å². The molecule has 0 saturated carbocycles. The van der Waals surface area contributed by atoms with Gasteiger partial charge in [0.25, 0.3) is 5.91 Å². The Balaban J connectivity index is 1.57. The minimum Gasteiger partial charge on any atom is -0.489 e. The topological polar surface area (TPSA) is 81.8 Å². The lowest BCUT2D eigenvalue weighted by atomic mass is 10.1. The van der Waals surface area contributed by atoms with Crippen LogP contribution >= 0.6 is 0 Å². The van der Waals surface area contributed by atoms with Crippen LogP contribution in [0.5, 0.6) is 5.75 Å². The number of hydrogen-bond acceptors (Lipinski definition) is 5. The van der Waals surface area contributed by atoms with Crippen LogP contribution in [0.3, 0.4) is 0 Å². The number of likely N-dealkylation sites (N-methyl/N-ethyl adjacent to an activating group) is 2. The number of rotatable bonds is 6. The molecule has 1 aromatic heterocycles. The summed E-state index contributed by atoms with van der Waals surface area (Å²) < 4.78 is 19.1. The number of amides is 2. The van der Waals surface area contributed by atoms with Crippen LogP contribution in [0.4, 0.5) is 4.39 Å². The van der Waals surface area contributed by atoms with E-state index in [9.17, 15) is 14.0 Å². The zero-order chi connectivity index (χ0) is 21.0. The Bertz CT molecular complexity index is 871. The molecule has 0 spiro atoms. The Morgan fingerprint density at radius 1 is 1.34 bits per heavy atom. The first-order valence-corrected chi connectivity index (χ1v) is 9.50. The molecule has 0 radical (unpaired) electrons. The quantitative estimate of drug-likeness (QED) is 0.783. The van der Waals surface area contributed by atoms with E-state index in [4.69, 9.17) is 4.74 Å². The van der Waals surface area contributed by atoms with Crippen LogP contribution in [-0.2, 0) is 4.79 Å². The number of ether oxygens (including phenoxy) is 1. The molecule has 2 amide bonds. The van der Waals surface area contributed by atoms with Crippen molar-refractivity contribution in [3.63, 3.8) is 0 Å². The van der Waals surface area contributed by atoms with Gasteiger partial charge in [-0.15, -0.1) is 0 Å². The minimum absolute atomic E-state index is 0.106. The fourth-order valence-electron chi connectivity index (χ4n) is 3.28. The number of aryl methyl sites for hydroxylation is 1. The average molecular weight is 403 g/mol. The van der Waals surface area contributed by atoms with Crippen LogP contribution in [0.2, 0.25) is 0 Å². The highest BCUT2D eigenvalue weighted by atomic mass is 19.1. The number of aromatic nitrogens is 2. The van der Waals surface area contributed by atoms with Crippen molar-refractivity contribution in [1.82, 2.24) is 24.9 Å². The Morgan fingerprint density at radius 2 is 2.10 bits per heavy atom. The molecule has 1 aromatic carbocycles. The number of aromatic amines is 1. The third kappa shape index (κ3) is 4.73. The highest BCUT2D eigenvalue weighted by Crippen LogP contribution is 2.16. The molecule has 3 rings (SSSR count). The summed E-state index contributed by atoms with van der Waals surface area (Å²) in [5.74, 6) is -0.508. The summed E-state index contributed by atoms with van der Waals surface area (Å²) in [4.78, 5) is 30.9. The lowest BCUT2D eigenvalue weighted by Gasteiger charge is -2.39. The van der Waals surface area contributed by atoms with Gasteiger partial charge in [0.15, 0.2) is 11.6 Å². The fraction of sp³-hybridized carbons (Fsp3) is 0.450. The first-order chi connectivity index (χ1) is 13.9. The summed E-state index contributed by atoms with van der Waals surface area (Å²) in [6, 6.07) is 5.72. The second-order valence-electron chi connectivity index (χ2n) is 7.19. The summed E-state index contributed by atoms with van der Waals surface area (Å²) in [6.45, 7) is 3.73. The zero-order valence-electron chi connectivity index (χ0n) is 16.9. The Hall–Kier alpha value is -2.94. The number of para-hydroxylation sites is 1. The summed E-state index contributed by atoms with van der Waals surface area (Å²) >= 11 is 0. The number of H-pyrrole nitrogens is 1. The highest BCUT2D eigenvalue weighted by Gasteiger charge is 2.34. The van der Waals surface area contributed by atoms with Crippen LogP contribution in [0.25, 0.3) is 0 Å². The molecule has 0 bridgehead atoms. The predicted molar refractivity (Wildman–Crippen MR) is 105 cm³/mol. The van der Waals surface area contributed by atoms with Crippen LogP contribution in [0, 0.1) is 12.7 Å². The monoisotopic (exact) mass is 403 g/mol. The molecule has 1 atom stereocenters. The molecule has 9 heteroatoms. The van der Waals surface area contributed by atoms with Crippen molar-refractivity contribution in [2.45, 2.75) is 13.0 Å². The molecule has 1 aliphatic rings. The number of carbonyl (C=O) groups excluding carboxylic acids is 2. The van der Waals surface area contributed by atoms with E-state index in [1.165, 1.54) is 12.3 Å².